The van der Waals surface area contributed by atoms with E-state index in [0.29, 0.717) is 0 Å². The minimum absolute atomic E-state index is 0.0409. The maximum Gasteiger partial charge on any atom is 0.292 e. The van der Waals surface area contributed by atoms with Crippen LogP contribution in [0.25, 0.3) is 0 Å². The van der Waals surface area contributed by atoms with Crippen LogP contribution in [0.15, 0.2) is 41.3 Å². The average molecular weight is 459 g/mol. The number of halogens is 2. The number of rotatable bonds is 4. The molecule has 2 aromatic rings. The van der Waals surface area contributed by atoms with Crippen molar-refractivity contribution >= 4 is 50.5 Å². The van der Waals surface area contributed by atoms with Gasteiger partial charge in [-0.2, -0.15) is 4.31 Å². The van der Waals surface area contributed by atoms with Crippen LogP contribution in [-0.2, 0) is 10.0 Å². The molecule has 0 aromatic heterocycles. The predicted molar refractivity (Wildman–Crippen MR) is 109 cm³/mol. The molecular weight excluding hydrogens is 443 g/mol. The number of nitrogen functional groups attached to an aromatic ring is 1. The van der Waals surface area contributed by atoms with Gasteiger partial charge >= 0.3 is 0 Å². The van der Waals surface area contributed by atoms with Gasteiger partial charge in [-0.1, -0.05) is 29.3 Å². The van der Waals surface area contributed by atoms with Crippen molar-refractivity contribution in [2.24, 2.45) is 0 Å². The Kier molecular flexibility index (Phi) is 5.99. The molecule has 3 rings (SSSR count). The van der Waals surface area contributed by atoms with Gasteiger partial charge in [-0.05, 0) is 24.3 Å². The maximum absolute atomic E-state index is 12.9. The first-order valence-corrected chi connectivity index (χ1v) is 10.6. The minimum atomic E-state index is -3.88. The number of anilines is 1. The molecule has 1 aliphatic rings. The Balaban J connectivity index is 1.75. The van der Waals surface area contributed by atoms with Crippen LogP contribution in [0.2, 0.25) is 10.0 Å². The number of carbonyl (C=O) groups is 1. The summed E-state index contributed by atoms with van der Waals surface area (Å²) in [5.41, 5.74) is 5.27. The lowest BCUT2D eigenvalue weighted by molar-refractivity contribution is -0.383. The topological polar surface area (TPSA) is 127 Å². The number of hydrogen-bond donors (Lipinski definition) is 1. The molecule has 2 N–H and O–H groups in total. The van der Waals surface area contributed by atoms with E-state index in [9.17, 15) is 23.3 Å². The summed E-state index contributed by atoms with van der Waals surface area (Å²) in [4.78, 5) is 24.4. The molecule has 0 radical (unpaired) electrons. The fourth-order valence-corrected chi connectivity index (χ4v) is 5.13. The van der Waals surface area contributed by atoms with E-state index in [1.165, 1.54) is 39.5 Å². The second-order valence-electron chi connectivity index (χ2n) is 6.28. The number of amides is 1. The molecule has 9 nitrogen and oxygen atoms in total. The van der Waals surface area contributed by atoms with Gasteiger partial charge in [0.25, 0.3) is 11.6 Å². The molecular formula is C17H16Cl2N4O5S. The highest BCUT2D eigenvalue weighted by molar-refractivity contribution is 7.89. The number of hydrogen-bond acceptors (Lipinski definition) is 6. The molecule has 29 heavy (non-hydrogen) atoms. The Morgan fingerprint density at radius 1 is 1.10 bits per heavy atom. The van der Waals surface area contributed by atoms with E-state index in [1.807, 2.05) is 0 Å². The summed E-state index contributed by atoms with van der Waals surface area (Å²) < 4.78 is 26.9. The van der Waals surface area contributed by atoms with Crippen LogP contribution in [0.4, 0.5) is 11.4 Å². The van der Waals surface area contributed by atoms with E-state index in [2.05, 4.69) is 0 Å². The molecule has 0 atom stereocenters. The third-order valence-electron chi connectivity index (χ3n) is 4.53. The van der Waals surface area contributed by atoms with Crippen LogP contribution in [0.1, 0.15) is 10.4 Å². The summed E-state index contributed by atoms with van der Waals surface area (Å²) in [5, 5.41) is 11.1. The van der Waals surface area contributed by atoms with Crippen molar-refractivity contribution in [2.75, 3.05) is 31.9 Å². The first kappa shape index (κ1) is 21.3. The molecule has 154 valence electrons. The lowest BCUT2D eigenvalue weighted by Gasteiger charge is -2.34. The van der Waals surface area contributed by atoms with E-state index in [0.717, 1.165) is 6.07 Å². The SMILES string of the molecule is Nc1ccc(C(=O)N2CCN(S(=O)(=O)c3cccc(Cl)c3Cl)CC2)cc1[N+](=O)[O-]. The van der Waals surface area contributed by atoms with Crippen molar-refractivity contribution in [3.8, 4) is 0 Å². The molecule has 0 saturated carbocycles. The van der Waals surface area contributed by atoms with Gasteiger partial charge in [-0.25, -0.2) is 8.42 Å². The number of sulfonamides is 1. The van der Waals surface area contributed by atoms with Crippen LogP contribution in [0.5, 0.6) is 0 Å². The smallest absolute Gasteiger partial charge is 0.292 e. The molecule has 1 saturated heterocycles. The van der Waals surface area contributed by atoms with E-state index >= 15 is 0 Å². The molecule has 1 fully saturated rings. The van der Waals surface area contributed by atoms with Crippen molar-refractivity contribution in [2.45, 2.75) is 4.90 Å². The van der Waals surface area contributed by atoms with Gasteiger partial charge in [0.05, 0.1) is 15.0 Å². The Bertz CT molecular complexity index is 1090. The van der Waals surface area contributed by atoms with Crippen LogP contribution in [-0.4, -0.2) is 54.6 Å². The van der Waals surface area contributed by atoms with E-state index in [1.54, 1.807) is 0 Å². The average Bonchev–Trinajstić information content (AvgIpc) is 2.69. The Labute approximate surface area is 176 Å². The Hall–Kier alpha value is -2.40. The molecule has 0 spiro atoms. The molecule has 0 unspecified atom stereocenters. The first-order chi connectivity index (χ1) is 13.6. The summed E-state index contributed by atoms with van der Waals surface area (Å²) in [6.07, 6.45) is 0. The number of carbonyl (C=O) groups excluding carboxylic acids is 1. The maximum atomic E-state index is 12.9. The van der Waals surface area contributed by atoms with Crippen molar-refractivity contribution in [3.05, 3.63) is 62.1 Å². The van der Waals surface area contributed by atoms with Crippen LogP contribution in [0, 0.1) is 10.1 Å². The minimum Gasteiger partial charge on any atom is -0.393 e. The zero-order valence-corrected chi connectivity index (χ0v) is 17.2. The quantitative estimate of drug-likeness (QED) is 0.426. The zero-order valence-electron chi connectivity index (χ0n) is 14.9. The second kappa shape index (κ2) is 8.15. The second-order valence-corrected chi connectivity index (χ2v) is 8.97. The van der Waals surface area contributed by atoms with Gasteiger partial charge < -0.3 is 10.6 Å². The summed E-state index contributed by atoms with van der Waals surface area (Å²) in [6.45, 7) is 0.338. The Morgan fingerprint density at radius 3 is 2.38 bits per heavy atom. The first-order valence-electron chi connectivity index (χ1n) is 8.40. The number of benzene rings is 2. The number of nitro benzene ring substituents is 1. The molecule has 12 heteroatoms. The van der Waals surface area contributed by atoms with Crippen LogP contribution in [0.3, 0.4) is 0 Å². The highest BCUT2D eigenvalue weighted by Gasteiger charge is 2.32. The summed E-state index contributed by atoms with van der Waals surface area (Å²) in [5.74, 6) is -0.439. The number of nitro groups is 1. The summed E-state index contributed by atoms with van der Waals surface area (Å²) in [7, 11) is -3.88. The number of nitrogens with zero attached hydrogens (tertiary/aromatic N) is 3. The lowest BCUT2D eigenvalue weighted by atomic mass is 10.1. The van der Waals surface area contributed by atoms with Gasteiger partial charge in [-0.15, -0.1) is 0 Å². The van der Waals surface area contributed by atoms with Gasteiger partial charge in [0, 0.05) is 37.8 Å². The molecule has 0 bridgehead atoms. The monoisotopic (exact) mass is 458 g/mol. The normalized spacial score (nSPS) is 15.3. The fraction of sp³-hybridized carbons (Fsp3) is 0.235. The number of piperazine rings is 1. The van der Waals surface area contributed by atoms with E-state index in [4.69, 9.17) is 28.9 Å². The molecule has 1 aliphatic heterocycles. The highest BCUT2D eigenvalue weighted by atomic mass is 35.5. The standard InChI is InChI=1S/C17H16Cl2N4O5S/c18-12-2-1-3-15(16(12)19)29(27,28)22-8-6-21(7-9-22)17(24)11-4-5-13(20)14(10-11)23(25)26/h1-5,10H,6-9,20H2. The summed E-state index contributed by atoms with van der Waals surface area (Å²) in [6, 6.07) is 8.17. The molecule has 2 aromatic carbocycles. The van der Waals surface area contributed by atoms with Crippen molar-refractivity contribution in [3.63, 3.8) is 0 Å². The number of nitrogens with two attached hydrogens (primary N) is 1. The van der Waals surface area contributed by atoms with Crippen LogP contribution < -0.4 is 5.73 Å². The zero-order chi connectivity index (χ0) is 21.3. The molecule has 1 heterocycles. The van der Waals surface area contributed by atoms with Crippen molar-refractivity contribution in [1.82, 2.24) is 9.21 Å². The van der Waals surface area contributed by atoms with Gasteiger partial charge in [0.1, 0.15) is 10.6 Å². The van der Waals surface area contributed by atoms with Gasteiger partial charge in [0.2, 0.25) is 10.0 Å². The van der Waals surface area contributed by atoms with Crippen molar-refractivity contribution < 1.29 is 18.1 Å². The Morgan fingerprint density at radius 2 is 1.76 bits per heavy atom. The molecule has 1 amide bonds. The third kappa shape index (κ3) is 4.15. The van der Waals surface area contributed by atoms with Crippen molar-refractivity contribution in [1.29, 1.82) is 0 Å². The predicted octanol–water partition coefficient (Wildman–Crippen LogP) is 2.63. The molecule has 0 aliphatic carbocycles. The van der Waals surface area contributed by atoms with Crippen LogP contribution >= 0.6 is 23.2 Å². The summed E-state index contributed by atoms with van der Waals surface area (Å²) >= 11 is 12.0. The third-order valence-corrected chi connectivity index (χ3v) is 7.41. The van der Waals surface area contributed by atoms with E-state index in [-0.39, 0.29) is 58.1 Å². The van der Waals surface area contributed by atoms with Gasteiger partial charge in [0.15, 0.2) is 0 Å². The fourth-order valence-electron chi connectivity index (χ4n) is 2.97. The highest BCUT2D eigenvalue weighted by Crippen LogP contribution is 2.31. The lowest BCUT2D eigenvalue weighted by Crippen LogP contribution is -2.50. The van der Waals surface area contributed by atoms with E-state index < -0.39 is 20.9 Å². The largest absolute Gasteiger partial charge is 0.393 e. The van der Waals surface area contributed by atoms with Gasteiger partial charge in [-0.3, -0.25) is 14.9 Å².